The molecule has 1 unspecified atom stereocenters. The Morgan fingerprint density at radius 2 is 1.96 bits per heavy atom. The van der Waals surface area contributed by atoms with Crippen molar-refractivity contribution >= 4 is 15.7 Å². The van der Waals surface area contributed by atoms with Crippen LogP contribution in [0.25, 0.3) is 0 Å². The zero-order chi connectivity index (χ0) is 18.6. The fraction of sp³-hybridized carbons (Fsp3) is 0.294. The Morgan fingerprint density at radius 3 is 2.56 bits per heavy atom. The summed E-state index contributed by atoms with van der Waals surface area (Å²) in [5.41, 5.74) is 1.13. The Balaban J connectivity index is 2.14. The van der Waals surface area contributed by atoms with E-state index in [4.69, 9.17) is 4.74 Å². The lowest BCUT2D eigenvalue weighted by molar-refractivity contribution is -0.385. The van der Waals surface area contributed by atoms with Crippen molar-refractivity contribution in [2.75, 3.05) is 7.11 Å². The lowest BCUT2D eigenvalue weighted by atomic mass is 10.1. The quantitative estimate of drug-likeness (QED) is 0.602. The van der Waals surface area contributed by atoms with E-state index in [9.17, 15) is 18.5 Å². The zero-order valence-electron chi connectivity index (χ0n) is 14.2. The van der Waals surface area contributed by atoms with Crippen molar-refractivity contribution in [3.63, 3.8) is 0 Å². The number of sulfonamides is 1. The maximum absolute atomic E-state index is 12.5. The van der Waals surface area contributed by atoms with Crippen LogP contribution < -0.4 is 9.46 Å². The Kier molecular flexibility index (Phi) is 5.76. The van der Waals surface area contributed by atoms with Gasteiger partial charge in [0.2, 0.25) is 10.0 Å². The predicted molar refractivity (Wildman–Crippen MR) is 94.3 cm³/mol. The molecule has 0 aliphatic heterocycles. The van der Waals surface area contributed by atoms with Crippen LogP contribution in [-0.4, -0.2) is 26.5 Å². The molecule has 25 heavy (non-hydrogen) atoms. The first-order chi connectivity index (χ1) is 11.7. The van der Waals surface area contributed by atoms with Gasteiger partial charge in [0.25, 0.3) is 5.69 Å². The van der Waals surface area contributed by atoms with E-state index in [1.54, 1.807) is 14.0 Å². The van der Waals surface area contributed by atoms with E-state index in [2.05, 4.69) is 4.72 Å². The molecule has 0 saturated carbocycles. The lowest BCUT2D eigenvalue weighted by Gasteiger charge is -2.15. The number of methoxy groups -OCH3 is 1. The third-order valence-corrected chi connectivity index (χ3v) is 5.29. The summed E-state index contributed by atoms with van der Waals surface area (Å²) in [5, 5.41) is 10.8. The maximum atomic E-state index is 12.5. The van der Waals surface area contributed by atoms with Gasteiger partial charge in [-0.3, -0.25) is 10.1 Å². The van der Waals surface area contributed by atoms with Crippen molar-refractivity contribution < 1.29 is 18.1 Å². The Bertz CT molecular complexity index is 880. The second-order valence-corrected chi connectivity index (χ2v) is 7.50. The Labute approximate surface area is 146 Å². The molecule has 2 rings (SSSR count). The molecule has 0 amide bonds. The molecule has 0 bridgehead atoms. The van der Waals surface area contributed by atoms with Crippen LogP contribution in [0.1, 0.15) is 18.1 Å². The summed E-state index contributed by atoms with van der Waals surface area (Å²) in [4.78, 5) is 10.3. The molecule has 0 heterocycles. The van der Waals surface area contributed by atoms with E-state index < -0.39 is 14.9 Å². The fourth-order valence-electron chi connectivity index (χ4n) is 2.53. The summed E-state index contributed by atoms with van der Waals surface area (Å²) in [6, 6.07) is 10.8. The van der Waals surface area contributed by atoms with E-state index in [0.717, 1.165) is 5.56 Å². The third kappa shape index (κ3) is 4.77. The maximum Gasteiger partial charge on any atom is 0.272 e. The van der Waals surface area contributed by atoms with Crippen LogP contribution >= 0.6 is 0 Å². The number of hydrogen-bond acceptors (Lipinski definition) is 5. The average molecular weight is 364 g/mol. The summed E-state index contributed by atoms with van der Waals surface area (Å²) in [6.45, 7) is 3.27. The summed E-state index contributed by atoms with van der Waals surface area (Å²) in [7, 11) is -2.19. The summed E-state index contributed by atoms with van der Waals surface area (Å²) in [6.07, 6.45) is 0.488. The van der Waals surface area contributed by atoms with Gasteiger partial charge in [0.1, 0.15) is 5.75 Å². The molecule has 0 aliphatic rings. The van der Waals surface area contributed by atoms with E-state index in [0.29, 0.717) is 17.7 Å². The van der Waals surface area contributed by atoms with Crippen LogP contribution in [0.4, 0.5) is 5.69 Å². The number of benzene rings is 2. The second-order valence-electron chi connectivity index (χ2n) is 5.78. The van der Waals surface area contributed by atoms with Crippen LogP contribution in [0.3, 0.4) is 0 Å². The molecule has 2 aromatic rings. The van der Waals surface area contributed by atoms with E-state index in [1.807, 2.05) is 24.3 Å². The predicted octanol–water partition coefficient (Wildman–Crippen LogP) is 2.82. The molecule has 1 N–H and O–H groups in total. The molecule has 0 aromatic heterocycles. The first-order valence-corrected chi connectivity index (χ1v) is 9.11. The van der Waals surface area contributed by atoms with Crippen LogP contribution in [0, 0.1) is 17.0 Å². The minimum absolute atomic E-state index is 0.00749. The van der Waals surface area contributed by atoms with Crippen molar-refractivity contribution in [1.82, 2.24) is 4.72 Å². The molecule has 0 aliphatic carbocycles. The molecule has 8 heteroatoms. The van der Waals surface area contributed by atoms with Crippen molar-refractivity contribution in [1.29, 1.82) is 0 Å². The second kappa shape index (κ2) is 7.62. The minimum atomic E-state index is -3.76. The summed E-state index contributed by atoms with van der Waals surface area (Å²) < 4.78 is 32.7. The fourth-order valence-corrected chi connectivity index (χ4v) is 3.86. The van der Waals surface area contributed by atoms with Crippen molar-refractivity contribution in [2.24, 2.45) is 0 Å². The third-order valence-electron chi connectivity index (χ3n) is 3.71. The summed E-state index contributed by atoms with van der Waals surface area (Å²) >= 11 is 0. The number of hydrogen-bond donors (Lipinski definition) is 1. The van der Waals surface area contributed by atoms with Gasteiger partial charge in [-0.1, -0.05) is 12.1 Å². The minimum Gasteiger partial charge on any atom is -0.497 e. The monoisotopic (exact) mass is 364 g/mol. The van der Waals surface area contributed by atoms with E-state index in [-0.39, 0.29) is 16.6 Å². The van der Waals surface area contributed by atoms with E-state index in [1.165, 1.54) is 25.1 Å². The van der Waals surface area contributed by atoms with Crippen molar-refractivity contribution in [3.05, 3.63) is 63.7 Å². The smallest absolute Gasteiger partial charge is 0.272 e. The molecule has 0 spiro atoms. The highest BCUT2D eigenvalue weighted by atomic mass is 32.2. The van der Waals surface area contributed by atoms with E-state index >= 15 is 0 Å². The SMILES string of the molecule is COc1cccc(CC(C)NS(=O)(=O)c2ccc([N+](=O)[O-])c(C)c2)c1. The average Bonchev–Trinajstić information content (AvgIpc) is 2.53. The highest BCUT2D eigenvalue weighted by Gasteiger charge is 2.20. The van der Waals surface area contributed by atoms with Gasteiger partial charge in [-0.15, -0.1) is 0 Å². The van der Waals surface area contributed by atoms with Gasteiger partial charge < -0.3 is 4.74 Å². The van der Waals surface area contributed by atoms with Gasteiger partial charge in [0, 0.05) is 17.7 Å². The van der Waals surface area contributed by atoms with Gasteiger partial charge >= 0.3 is 0 Å². The molecule has 0 fully saturated rings. The number of ether oxygens (including phenoxy) is 1. The number of aryl methyl sites for hydroxylation is 1. The summed E-state index contributed by atoms with van der Waals surface area (Å²) in [5.74, 6) is 0.707. The Morgan fingerprint density at radius 1 is 1.24 bits per heavy atom. The largest absolute Gasteiger partial charge is 0.497 e. The van der Waals surface area contributed by atoms with Crippen molar-refractivity contribution in [2.45, 2.75) is 31.2 Å². The molecule has 0 radical (unpaired) electrons. The Hall–Kier alpha value is -2.45. The van der Waals surface area contributed by atoms with Gasteiger partial charge in [-0.2, -0.15) is 0 Å². The van der Waals surface area contributed by atoms with Gasteiger partial charge in [-0.05, 0) is 50.1 Å². The topological polar surface area (TPSA) is 98.5 Å². The number of rotatable bonds is 7. The van der Waals surface area contributed by atoms with Crippen LogP contribution in [0.5, 0.6) is 5.75 Å². The zero-order valence-corrected chi connectivity index (χ0v) is 15.0. The van der Waals surface area contributed by atoms with Crippen LogP contribution in [0.2, 0.25) is 0 Å². The molecule has 1 atom stereocenters. The number of nitrogens with zero attached hydrogens (tertiary/aromatic N) is 1. The first-order valence-electron chi connectivity index (χ1n) is 7.63. The van der Waals surface area contributed by atoms with Gasteiger partial charge in [0.05, 0.1) is 16.9 Å². The molecular formula is C17H20N2O5S. The molecule has 0 saturated heterocycles. The molecule has 7 nitrogen and oxygen atoms in total. The standard InChI is InChI=1S/C17H20N2O5S/c1-12-9-16(7-8-17(12)19(20)21)25(22,23)18-13(2)10-14-5-4-6-15(11-14)24-3/h4-9,11,13,18H,10H2,1-3H3. The van der Waals surface area contributed by atoms with Gasteiger partial charge in [-0.25, -0.2) is 13.1 Å². The highest BCUT2D eigenvalue weighted by Crippen LogP contribution is 2.22. The molecular weight excluding hydrogens is 344 g/mol. The first kappa shape index (κ1) is 18.9. The highest BCUT2D eigenvalue weighted by molar-refractivity contribution is 7.89. The van der Waals surface area contributed by atoms with Gasteiger partial charge in [0.15, 0.2) is 0 Å². The number of nitrogens with one attached hydrogen (secondary N) is 1. The number of nitro benzene ring substituents is 1. The molecule has 2 aromatic carbocycles. The molecule has 134 valence electrons. The lowest BCUT2D eigenvalue weighted by Crippen LogP contribution is -2.34. The van der Waals surface area contributed by atoms with Crippen molar-refractivity contribution in [3.8, 4) is 5.75 Å². The normalized spacial score (nSPS) is 12.6. The number of nitro groups is 1. The van der Waals surface area contributed by atoms with Crippen LogP contribution in [-0.2, 0) is 16.4 Å². The van der Waals surface area contributed by atoms with Crippen LogP contribution in [0.15, 0.2) is 47.4 Å².